The first kappa shape index (κ1) is 22.0. The van der Waals surface area contributed by atoms with Gasteiger partial charge in [-0.15, -0.1) is 17.5 Å². The van der Waals surface area contributed by atoms with Crippen LogP contribution in [-0.2, 0) is 0 Å². The Balaban J connectivity index is 0.00000280. The van der Waals surface area contributed by atoms with E-state index in [-0.39, 0.29) is 24.4 Å². The Hall–Kier alpha value is -2.32. The van der Waals surface area contributed by atoms with Gasteiger partial charge in [-0.3, -0.25) is 4.79 Å². The molecule has 0 spiro atoms. The molecule has 28 heavy (non-hydrogen) atoms. The lowest BCUT2D eigenvalue weighted by molar-refractivity contribution is 0.0925. The highest BCUT2D eigenvalue weighted by atomic mass is 35.5. The highest BCUT2D eigenvalue weighted by Gasteiger charge is 2.23. The molecule has 1 aliphatic heterocycles. The molecule has 1 aromatic heterocycles. The Morgan fingerprint density at radius 2 is 2.00 bits per heavy atom. The normalized spacial score (nSPS) is 15.4. The van der Waals surface area contributed by atoms with Gasteiger partial charge in [-0.2, -0.15) is 0 Å². The fraction of sp³-hybridized carbons (Fsp3) is 0.526. The SMILES string of the molecule is COc1ccccc1OC(C)CNC(=O)c1nnn(C2CCNCC2)c1C.Cl. The van der Waals surface area contributed by atoms with Gasteiger partial charge in [0.25, 0.3) is 5.91 Å². The molecule has 8 nitrogen and oxygen atoms in total. The molecule has 154 valence electrons. The van der Waals surface area contributed by atoms with Gasteiger partial charge in [-0.05, 0) is 51.9 Å². The summed E-state index contributed by atoms with van der Waals surface area (Å²) in [6.07, 6.45) is 1.77. The molecular formula is C19H28ClN5O3. The van der Waals surface area contributed by atoms with Crippen LogP contribution in [0.15, 0.2) is 24.3 Å². The van der Waals surface area contributed by atoms with Crippen molar-refractivity contribution in [2.24, 2.45) is 0 Å². The number of benzene rings is 1. The maximum absolute atomic E-state index is 12.5. The molecule has 0 aliphatic carbocycles. The number of piperidine rings is 1. The minimum atomic E-state index is -0.233. The van der Waals surface area contributed by atoms with E-state index in [1.807, 2.05) is 42.8 Å². The number of hydrogen-bond acceptors (Lipinski definition) is 6. The summed E-state index contributed by atoms with van der Waals surface area (Å²) in [7, 11) is 1.60. The molecule has 1 saturated heterocycles. The summed E-state index contributed by atoms with van der Waals surface area (Å²) < 4.78 is 13.0. The molecule has 2 N–H and O–H groups in total. The number of ether oxygens (including phenoxy) is 2. The Morgan fingerprint density at radius 3 is 2.68 bits per heavy atom. The molecule has 1 unspecified atom stereocenters. The van der Waals surface area contributed by atoms with Crippen LogP contribution in [-0.4, -0.2) is 53.7 Å². The van der Waals surface area contributed by atoms with Crippen molar-refractivity contribution < 1.29 is 14.3 Å². The number of halogens is 1. The van der Waals surface area contributed by atoms with Crippen LogP contribution in [0.5, 0.6) is 11.5 Å². The second kappa shape index (κ2) is 10.3. The Morgan fingerprint density at radius 1 is 1.32 bits per heavy atom. The second-order valence-electron chi connectivity index (χ2n) is 6.74. The average Bonchev–Trinajstić information content (AvgIpc) is 3.08. The van der Waals surface area contributed by atoms with Crippen LogP contribution in [0.4, 0.5) is 0 Å². The van der Waals surface area contributed by atoms with Crippen molar-refractivity contribution >= 4 is 18.3 Å². The smallest absolute Gasteiger partial charge is 0.273 e. The van der Waals surface area contributed by atoms with Crippen molar-refractivity contribution in [1.82, 2.24) is 25.6 Å². The van der Waals surface area contributed by atoms with Crippen molar-refractivity contribution in [3.63, 3.8) is 0 Å². The van der Waals surface area contributed by atoms with Crippen molar-refractivity contribution in [2.45, 2.75) is 38.8 Å². The topological polar surface area (TPSA) is 90.3 Å². The standard InChI is InChI=1S/C19H27N5O3.ClH/c1-13(27-17-7-5-4-6-16(17)26-3)12-21-19(25)18-14(2)24(23-22-18)15-8-10-20-11-9-15;/h4-7,13,15,20H,8-12H2,1-3H3,(H,21,25);1H. The molecule has 3 rings (SSSR count). The van der Waals surface area contributed by atoms with E-state index >= 15 is 0 Å². The number of hydrogen-bond donors (Lipinski definition) is 2. The third-order valence-corrected chi connectivity index (χ3v) is 4.74. The van der Waals surface area contributed by atoms with Crippen molar-refractivity contribution in [3.8, 4) is 11.5 Å². The summed E-state index contributed by atoms with van der Waals surface area (Å²) in [5.74, 6) is 1.08. The van der Waals surface area contributed by atoms with Crippen LogP contribution < -0.4 is 20.1 Å². The first-order chi connectivity index (χ1) is 13.1. The van der Waals surface area contributed by atoms with Crippen LogP contribution in [0.1, 0.15) is 42.0 Å². The van der Waals surface area contributed by atoms with Crippen LogP contribution in [0.25, 0.3) is 0 Å². The van der Waals surface area contributed by atoms with E-state index in [9.17, 15) is 4.79 Å². The molecule has 1 atom stereocenters. The zero-order chi connectivity index (χ0) is 19.2. The van der Waals surface area contributed by atoms with E-state index in [0.717, 1.165) is 31.6 Å². The fourth-order valence-electron chi connectivity index (χ4n) is 3.24. The summed E-state index contributed by atoms with van der Waals surface area (Å²) >= 11 is 0. The molecule has 1 fully saturated rings. The molecule has 2 heterocycles. The lowest BCUT2D eigenvalue weighted by Crippen LogP contribution is -2.34. The first-order valence-electron chi connectivity index (χ1n) is 9.30. The van der Waals surface area contributed by atoms with Gasteiger partial charge < -0.3 is 20.1 Å². The molecule has 0 saturated carbocycles. The minimum absolute atomic E-state index is 0. The number of para-hydroxylation sites is 2. The largest absolute Gasteiger partial charge is 0.493 e. The summed E-state index contributed by atoms with van der Waals surface area (Å²) in [5, 5.41) is 14.5. The van der Waals surface area contributed by atoms with Gasteiger partial charge in [0.2, 0.25) is 0 Å². The molecule has 1 amide bonds. The predicted octanol–water partition coefficient (Wildman–Crippen LogP) is 2.14. The number of methoxy groups -OCH3 is 1. The van der Waals surface area contributed by atoms with Gasteiger partial charge in [0.1, 0.15) is 6.10 Å². The molecular weight excluding hydrogens is 382 g/mol. The minimum Gasteiger partial charge on any atom is -0.493 e. The zero-order valence-corrected chi connectivity index (χ0v) is 17.3. The third-order valence-electron chi connectivity index (χ3n) is 4.74. The highest BCUT2D eigenvalue weighted by molar-refractivity contribution is 5.93. The van der Waals surface area contributed by atoms with Crippen molar-refractivity contribution in [1.29, 1.82) is 0 Å². The number of nitrogens with one attached hydrogen (secondary N) is 2. The fourth-order valence-corrected chi connectivity index (χ4v) is 3.24. The van der Waals surface area contributed by atoms with Gasteiger partial charge in [0, 0.05) is 0 Å². The maximum atomic E-state index is 12.5. The summed E-state index contributed by atoms with van der Waals surface area (Å²) in [4.78, 5) is 12.5. The first-order valence-corrected chi connectivity index (χ1v) is 9.30. The highest BCUT2D eigenvalue weighted by Crippen LogP contribution is 2.26. The average molecular weight is 410 g/mol. The number of carbonyl (C=O) groups excluding carboxylic acids is 1. The lowest BCUT2D eigenvalue weighted by Gasteiger charge is -2.23. The Bertz CT molecular complexity index is 777. The number of amides is 1. The third kappa shape index (κ3) is 5.14. The second-order valence-corrected chi connectivity index (χ2v) is 6.74. The van der Waals surface area contributed by atoms with Crippen LogP contribution in [0.3, 0.4) is 0 Å². The predicted molar refractivity (Wildman–Crippen MR) is 109 cm³/mol. The number of carbonyl (C=O) groups is 1. The van der Waals surface area contributed by atoms with E-state index in [1.54, 1.807) is 7.11 Å². The van der Waals surface area contributed by atoms with Gasteiger partial charge >= 0.3 is 0 Å². The van der Waals surface area contributed by atoms with E-state index in [4.69, 9.17) is 9.47 Å². The summed E-state index contributed by atoms with van der Waals surface area (Å²) in [6.45, 7) is 6.07. The van der Waals surface area contributed by atoms with Crippen LogP contribution >= 0.6 is 12.4 Å². The monoisotopic (exact) mass is 409 g/mol. The van der Waals surface area contributed by atoms with Gasteiger partial charge in [0.05, 0.1) is 25.4 Å². The summed E-state index contributed by atoms with van der Waals surface area (Å²) in [5.41, 5.74) is 1.18. The van der Waals surface area contributed by atoms with E-state index in [2.05, 4.69) is 20.9 Å². The van der Waals surface area contributed by atoms with Gasteiger partial charge in [-0.1, -0.05) is 17.3 Å². The molecule has 0 radical (unpaired) electrons. The molecule has 1 aliphatic rings. The molecule has 2 aromatic rings. The van der Waals surface area contributed by atoms with Gasteiger partial charge in [0.15, 0.2) is 17.2 Å². The van der Waals surface area contributed by atoms with E-state index in [1.165, 1.54) is 0 Å². The van der Waals surface area contributed by atoms with Crippen molar-refractivity contribution in [2.75, 3.05) is 26.7 Å². The zero-order valence-electron chi connectivity index (χ0n) is 16.5. The lowest BCUT2D eigenvalue weighted by atomic mass is 10.1. The quantitative estimate of drug-likeness (QED) is 0.728. The van der Waals surface area contributed by atoms with Crippen LogP contribution in [0.2, 0.25) is 0 Å². The van der Waals surface area contributed by atoms with Crippen LogP contribution in [0, 0.1) is 6.92 Å². The molecule has 0 bridgehead atoms. The molecule has 9 heteroatoms. The van der Waals surface area contributed by atoms with E-state index in [0.29, 0.717) is 29.8 Å². The number of rotatable bonds is 7. The Kier molecular flexibility index (Phi) is 8.07. The number of aromatic nitrogens is 3. The van der Waals surface area contributed by atoms with E-state index < -0.39 is 0 Å². The van der Waals surface area contributed by atoms with Crippen molar-refractivity contribution in [3.05, 3.63) is 35.7 Å². The van der Waals surface area contributed by atoms with Gasteiger partial charge in [-0.25, -0.2) is 4.68 Å². The summed E-state index contributed by atoms with van der Waals surface area (Å²) in [6, 6.07) is 7.74. The Labute approximate surface area is 171 Å². The molecule has 1 aromatic carbocycles. The maximum Gasteiger partial charge on any atom is 0.273 e. The number of nitrogens with zero attached hydrogens (tertiary/aromatic N) is 3.